The largest absolute Gasteiger partial charge is 0.495 e. The van der Waals surface area contributed by atoms with E-state index in [1.807, 2.05) is 24.3 Å². The molecule has 1 saturated carbocycles. The molecule has 204 valence electrons. The van der Waals surface area contributed by atoms with Gasteiger partial charge in [0.1, 0.15) is 11.6 Å². The van der Waals surface area contributed by atoms with E-state index < -0.39 is 11.7 Å². The Labute approximate surface area is 228 Å². The van der Waals surface area contributed by atoms with Gasteiger partial charge in [-0.3, -0.25) is 9.59 Å². The summed E-state index contributed by atoms with van der Waals surface area (Å²) in [6.07, 6.45) is 5.37. The van der Waals surface area contributed by atoms with Gasteiger partial charge < -0.3 is 25.2 Å². The van der Waals surface area contributed by atoms with Crippen molar-refractivity contribution in [3.63, 3.8) is 0 Å². The Bertz CT molecular complexity index is 1320. The van der Waals surface area contributed by atoms with Crippen molar-refractivity contribution in [2.75, 3.05) is 48.4 Å². The highest BCUT2D eigenvalue weighted by molar-refractivity contribution is 6.06. The quantitative estimate of drug-likeness (QED) is 0.424. The molecule has 0 unspecified atom stereocenters. The molecule has 39 heavy (non-hydrogen) atoms. The fourth-order valence-electron chi connectivity index (χ4n) is 5.50. The molecule has 3 aromatic carbocycles. The summed E-state index contributed by atoms with van der Waals surface area (Å²) >= 11 is 0. The number of anilines is 3. The van der Waals surface area contributed by atoms with Gasteiger partial charge in [0.2, 0.25) is 0 Å². The second kappa shape index (κ2) is 12.2. The summed E-state index contributed by atoms with van der Waals surface area (Å²) in [6, 6.07) is 19.4. The summed E-state index contributed by atoms with van der Waals surface area (Å²) in [5.41, 5.74) is 2.81. The van der Waals surface area contributed by atoms with Gasteiger partial charge in [-0.25, -0.2) is 4.39 Å². The van der Waals surface area contributed by atoms with Crippen molar-refractivity contribution in [1.82, 2.24) is 5.32 Å². The highest BCUT2D eigenvalue weighted by Gasteiger charge is 2.25. The molecule has 0 aromatic heterocycles. The number of benzene rings is 3. The van der Waals surface area contributed by atoms with Gasteiger partial charge in [0.05, 0.1) is 23.9 Å². The van der Waals surface area contributed by atoms with Crippen molar-refractivity contribution in [1.29, 1.82) is 0 Å². The molecule has 1 aliphatic carbocycles. The number of carbonyl (C=O) groups is 2. The molecular weight excluding hydrogens is 495 g/mol. The molecule has 8 heteroatoms. The number of nitrogens with one attached hydrogen (secondary N) is 2. The zero-order valence-corrected chi connectivity index (χ0v) is 22.3. The van der Waals surface area contributed by atoms with Crippen LogP contribution in [0.25, 0.3) is 0 Å². The maximum absolute atomic E-state index is 14.2. The van der Waals surface area contributed by atoms with E-state index in [1.165, 1.54) is 18.6 Å². The third-order valence-corrected chi connectivity index (χ3v) is 7.60. The maximum atomic E-state index is 14.2. The molecule has 1 saturated heterocycles. The number of ether oxygens (including phenoxy) is 1. The molecule has 1 aliphatic heterocycles. The minimum atomic E-state index is -0.588. The van der Waals surface area contributed by atoms with Crippen molar-refractivity contribution in [3.05, 3.63) is 83.7 Å². The minimum absolute atomic E-state index is 0.0396. The Balaban J connectivity index is 1.37. The van der Waals surface area contributed by atoms with E-state index in [4.69, 9.17) is 4.74 Å². The molecule has 2 N–H and O–H groups in total. The Morgan fingerprint density at radius 3 is 2.18 bits per heavy atom. The topological polar surface area (TPSA) is 73.9 Å². The number of halogens is 1. The summed E-state index contributed by atoms with van der Waals surface area (Å²) in [5, 5.41) is 5.99. The van der Waals surface area contributed by atoms with Crippen LogP contribution in [0.15, 0.2) is 66.7 Å². The smallest absolute Gasteiger partial charge is 0.258 e. The van der Waals surface area contributed by atoms with E-state index in [1.54, 1.807) is 31.4 Å². The van der Waals surface area contributed by atoms with Crippen LogP contribution in [-0.2, 0) is 0 Å². The van der Waals surface area contributed by atoms with E-state index in [0.717, 1.165) is 69.0 Å². The predicted octanol–water partition coefficient (Wildman–Crippen LogP) is 5.48. The fourth-order valence-corrected chi connectivity index (χ4v) is 5.50. The summed E-state index contributed by atoms with van der Waals surface area (Å²) < 4.78 is 19.7. The van der Waals surface area contributed by atoms with Gasteiger partial charge in [-0.15, -0.1) is 0 Å². The summed E-state index contributed by atoms with van der Waals surface area (Å²) in [7, 11) is 1.68. The van der Waals surface area contributed by atoms with Gasteiger partial charge in [-0.05, 0) is 55.3 Å². The number of rotatable bonds is 7. The first-order valence-corrected chi connectivity index (χ1v) is 13.7. The normalized spacial score (nSPS) is 16.1. The molecule has 0 spiro atoms. The van der Waals surface area contributed by atoms with Crippen molar-refractivity contribution in [2.45, 2.75) is 38.1 Å². The molecule has 7 nitrogen and oxygen atoms in total. The van der Waals surface area contributed by atoms with Gasteiger partial charge in [-0.1, -0.05) is 43.5 Å². The van der Waals surface area contributed by atoms with Gasteiger partial charge in [0.15, 0.2) is 0 Å². The maximum Gasteiger partial charge on any atom is 0.258 e. The Kier molecular flexibility index (Phi) is 8.30. The van der Waals surface area contributed by atoms with Crippen LogP contribution < -0.4 is 25.2 Å². The molecule has 0 atom stereocenters. The van der Waals surface area contributed by atoms with Crippen LogP contribution in [0.4, 0.5) is 21.5 Å². The molecule has 5 rings (SSSR count). The molecule has 1 heterocycles. The van der Waals surface area contributed by atoms with Gasteiger partial charge >= 0.3 is 0 Å². The van der Waals surface area contributed by atoms with Crippen LogP contribution >= 0.6 is 0 Å². The monoisotopic (exact) mass is 530 g/mol. The number of para-hydroxylation sites is 2. The molecule has 2 amide bonds. The number of hydrogen-bond acceptors (Lipinski definition) is 5. The lowest BCUT2D eigenvalue weighted by Gasteiger charge is -2.38. The van der Waals surface area contributed by atoms with Crippen LogP contribution in [0.2, 0.25) is 0 Å². The Morgan fingerprint density at radius 1 is 0.795 bits per heavy atom. The van der Waals surface area contributed by atoms with E-state index in [-0.39, 0.29) is 17.5 Å². The van der Waals surface area contributed by atoms with E-state index in [0.29, 0.717) is 11.3 Å². The van der Waals surface area contributed by atoms with E-state index in [9.17, 15) is 14.0 Å². The van der Waals surface area contributed by atoms with Crippen LogP contribution in [0.3, 0.4) is 0 Å². The van der Waals surface area contributed by atoms with Crippen LogP contribution in [-0.4, -0.2) is 51.1 Å². The van der Waals surface area contributed by atoms with Crippen LogP contribution in [0.5, 0.6) is 5.75 Å². The van der Waals surface area contributed by atoms with Crippen molar-refractivity contribution < 1.29 is 18.7 Å². The zero-order valence-electron chi connectivity index (χ0n) is 22.3. The number of methoxy groups -OCH3 is 1. The lowest BCUT2D eigenvalue weighted by atomic mass is 9.95. The second-order valence-corrected chi connectivity index (χ2v) is 10.1. The van der Waals surface area contributed by atoms with Crippen molar-refractivity contribution in [3.8, 4) is 5.75 Å². The first-order valence-electron chi connectivity index (χ1n) is 13.7. The lowest BCUT2D eigenvalue weighted by molar-refractivity contribution is 0.0927. The predicted molar refractivity (Wildman–Crippen MR) is 153 cm³/mol. The van der Waals surface area contributed by atoms with E-state index >= 15 is 0 Å². The fraction of sp³-hybridized carbons (Fsp3) is 0.355. The number of nitrogens with zero attached hydrogens (tertiary/aromatic N) is 2. The van der Waals surface area contributed by atoms with E-state index in [2.05, 4.69) is 26.5 Å². The Morgan fingerprint density at radius 2 is 1.46 bits per heavy atom. The van der Waals surface area contributed by atoms with Crippen LogP contribution in [0, 0.1) is 5.82 Å². The summed E-state index contributed by atoms with van der Waals surface area (Å²) in [4.78, 5) is 30.8. The van der Waals surface area contributed by atoms with Crippen LogP contribution in [0.1, 0.15) is 52.8 Å². The second-order valence-electron chi connectivity index (χ2n) is 10.1. The number of hydrogen-bond donors (Lipinski definition) is 2. The SMILES string of the molecule is COc1ccccc1N1CCN(c2ccc(NC(=O)c3ccccc3F)cc2C(=O)NC2CCCCC2)CC1. The van der Waals surface area contributed by atoms with Gasteiger partial charge in [-0.2, -0.15) is 0 Å². The lowest BCUT2D eigenvalue weighted by Crippen LogP contribution is -2.47. The first kappa shape index (κ1) is 26.5. The molecule has 0 radical (unpaired) electrons. The van der Waals surface area contributed by atoms with Gasteiger partial charge in [0.25, 0.3) is 11.8 Å². The summed E-state index contributed by atoms with van der Waals surface area (Å²) in [6.45, 7) is 3.00. The number of carbonyl (C=O) groups excluding carboxylic acids is 2. The molecule has 3 aromatic rings. The number of amides is 2. The first-order chi connectivity index (χ1) is 19.0. The molecule has 2 aliphatic rings. The minimum Gasteiger partial charge on any atom is -0.495 e. The molecule has 2 fully saturated rings. The highest BCUT2D eigenvalue weighted by atomic mass is 19.1. The van der Waals surface area contributed by atoms with Crippen molar-refractivity contribution in [2.24, 2.45) is 0 Å². The third-order valence-electron chi connectivity index (χ3n) is 7.60. The Hall–Kier alpha value is -4.07. The average molecular weight is 531 g/mol. The third kappa shape index (κ3) is 6.16. The average Bonchev–Trinajstić information content (AvgIpc) is 2.98. The number of piperazine rings is 1. The summed E-state index contributed by atoms with van der Waals surface area (Å²) in [5.74, 6) is -0.445. The van der Waals surface area contributed by atoms with Gasteiger partial charge in [0, 0.05) is 43.6 Å². The standard InChI is InChI=1S/C31H35FN4O3/c1-39-29-14-8-7-13-28(29)36-19-17-35(18-20-36)27-16-15-23(34-30(37)24-11-5-6-12-26(24)32)21-25(27)31(38)33-22-9-3-2-4-10-22/h5-8,11-16,21-22H,2-4,9-10,17-20H2,1H3,(H,33,38)(H,34,37). The van der Waals surface area contributed by atoms with Crippen molar-refractivity contribution >= 4 is 28.9 Å². The zero-order chi connectivity index (χ0) is 27.2. The highest BCUT2D eigenvalue weighted by Crippen LogP contribution is 2.31. The molecular formula is C31H35FN4O3. The molecule has 0 bridgehead atoms.